The molecule has 1 aromatic rings. The summed E-state index contributed by atoms with van der Waals surface area (Å²) in [4.78, 5) is 15.0. The number of hydrogen-bond acceptors (Lipinski definition) is 4. The molecule has 5 heteroatoms. The Balaban J connectivity index is 2.13. The Hall–Kier alpha value is -1.36. The molecule has 1 aliphatic carbocycles. The molecule has 0 fully saturated rings. The van der Waals surface area contributed by atoms with E-state index in [4.69, 9.17) is 15.3 Å². The highest BCUT2D eigenvalue weighted by Crippen LogP contribution is 2.30. The molecule has 0 amide bonds. The summed E-state index contributed by atoms with van der Waals surface area (Å²) in [5, 5.41) is 8.74. The highest BCUT2D eigenvalue weighted by molar-refractivity contribution is 5.73. The van der Waals surface area contributed by atoms with Gasteiger partial charge in [-0.2, -0.15) is 0 Å². The maximum atomic E-state index is 10.7. The molecule has 17 heavy (non-hydrogen) atoms. The van der Waals surface area contributed by atoms with Crippen LogP contribution in [0.3, 0.4) is 0 Å². The third-order valence-corrected chi connectivity index (χ3v) is 3.53. The van der Waals surface area contributed by atoms with Crippen LogP contribution in [0.25, 0.3) is 0 Å². The van der Waals surface area contributed by atoms with Gasteiger partial charge in [0.2, 0.25) is 0 Å². The number of fused-ring (bicyclic) bond motifs is 1. The van der Waals surface area contributed by atoms with E-state index in [1.165, 1.54) is 0 Å². The van der Waals surface area contributed by atoms with Gasteiger partial charge in [-0.15, -0.1) is 0 Å². The topological polar surface area (TPSA) is 89.3 Å². The first-order valence-electron chi connectivity index (χ1n) is 5.93. The molecule has 1 aliphatic rings. The predicted molar refractivity (Wildman–Crippen MR) is 61.6 cm³/mol. The van der Waals surface area contributed by atoms with Crippen molar-refractivity contribution >= 4 is 5.97 Å². The molecule has 1 heterocycles. The lowest BCUT2D eigenvalue weighted by molar-refractivity contribution is -0.138. The molecule has 2 unspecified atom stereocenters. The van der Waals surface area contributed by atoms with Gasteiger partial charge in [0, 0.05) is 6.42 Å². The molecule has 2 rings (SSSR count). The second kappa shape index (κ2) is 4.49. The number of nitrogens with zero attached hydrogens (tertiary/aromatic N) is 1. The van der Waals surface area contributed by atoms with Crippen molar-refractivity contribution in [2.75, 3.05) is 0 Å². The summed E-state index contributed by atoms with van der Waals surface area (Å²) in [5.74, 6) is 1.50. The summed E-state index contributed by atoms with van der Waals surface area (Å²) in [6.07, 6.45) is 1.94. The van der Waals surface area contributed by atoms with Gasteiger partial charge in [-0.05, 0) is 18.3 Å². The SMILES string of the molecule is CC1Cc2nc(C[C@@H](N)C(=O)O)oc2CC1C. The molecule has 94 valence electrons. The molecule has 1 aromatic heterocycles. The third-order valence-electron chi connectivity index (χ3n) is 3.53. The van der Waals surface area contributed by atoms with Gasteiger partial charge in [0.25, 0.3) is 0 Å². The van der Waals surface area contributed by atoms with Crippen molar-refractivity contribution in [3.05, 3.63) is 17.3 Å². The number of carboxylic acid groups (broad SMARTS) is 1. The number of hydrogen-bond donors (Lipinski definition) is 2. The third kappa shape index (κ3) is 2.49. The lowest BCUT2D eigenvalue weighted by atomic mass is 9.83. The summed E-state index contributed by atoms with van der Waals surface area (Å²) in [6, 6.07) is -0.940. The maximum Gasteiger partial charge on any atom is 0.321 e. The summed E-state index contributed by atoms with van der Waals surface area (Å²) >= 11 is 0. The van der Waals surface area contributed by atoms with Crippen LogP contribution in [0.15, 0.2) is 4.42 Å². The number of aliphatic carboxylic acids is 1. The summed E-state index contributed by atoms with van der Waals surface area (Å²) in [7, 11) is 0. The van der Waals surface area contributed by atoms with E-state index in [0.717, 1.165) is 24.3 Å². The summed E-state index contributed by atoms with van der Waals surface area (Å²) in [6.45, 7) is 4.39. The second-order valence-electron chi connectivity index (χ2n) is 4.99. The van der Waals surface area contributed by atoms with Gasteiger partial charge in [0.15, 0.2) is 5.89 Å². The van der Waals surface area contributed by atoms with E-state index in [1.807, 2.05) is 0 Å². The van der Waals surface area contributed by atoms with E-state index >= 15 is 0 Å². The number of oxazole rings is 1. The Kier molecular flexibility index (Phi) is 3.19. The molecule has 5 nitrogen and oxygen atoms in total. The van der Waals surface area contributed by atoms with Crippen LogP contribution >= 0.6 is 0 Å². The monoisotopic (exact) mass is 238 g/mol. The first-order valence-corrected chi connectivity index (χ1v) is 5.93. The van der Waals surface area contributed by atoms with Crippen molar-refractivity contribution < 1.29 is 14.3 Å². The van der Waals surface area contributed by atoms with Crippen LogP contribution in [-0.2, 0) is 24.1 Å². The zero-order chi connectivity index (χ0) is 12.6. The van der Waals surface area contributed by atoms with Gasteiger partial charge in [-0.1, -0.05) is 13.8 Å². The molecule has 3 N–H and O–H groups in total. The fraction of sp³-hybridized carbons (Fsp3) is 0.667. The van der Waals surface area contributed by atoms with Gasteiger partial charge >= 0.3 is 5.97 Å². The number of carbonyl (C=O) groups is 1. The molecule has 0 spiro atoms. The van der Waals surface area contributed by atoms with Crippen LogP contribution in [-0.4, -0.2) is 22.1 Å². The van der Waals surface area contributed by atoms with Crippen molar-refractivity contribution in [1.82, 2.24) is 4.98 Å². The number of rotatable bonds is 3. The number of carboxylic acids is 1. The standard InChI is InChI=1S/C12H18N2O3/c1-6-3-9-10(4-7(6)2)17-11(14-9)5-8(13)12(15)16/h6-8H,3-5,13H2,1-2H3,(H,15,16)/t6?,7?,8-/m1/s1. The van der Waals surface area contributed by atoms with E-state index < -0.39 is 12.0 Å². The van der Waals surface area contributed by atoms with Gasteiger partial charge in [0.05, 0.1) is 12.1 Å². The zero-order valence-corrected chi connectivity index (χ0v) is 10.1. The Morgan fingerprint density at radius 1 is 1.53 bits per heavy atom. The quantitative estimate of drug-likeness (QED) is 0.820. The lowest BCUT2D eigenvalue weighted by Gasteiger charge is -2.23. The predicted octanol–water partition coefficient (Wildman–Crippen LogP) is 1.000. The fourth-order valence-electron chi connectivity index (χ4n) is 2.12. The highest BCUT2D eigenvalue weighted by Gasteiger charge is 2.27. The number of nitrogens with two attached hydrogens (primary N) is 1. The maximum absolute atomic E-state index is 10.7. The van der Waals surface area contributed by atoms with Gasteiger partial charge in [0.1, 0.15) is 11.8 Å². The molecule has 0 bridgehead atoms. The van der Waals surface area contributed by atoms with Crippen molar-refractivity contribution in [1.29, 1.82) is 0 Å². The Bertz CT molecular complexity index is 400. The van der Waals surface area contributed by atoms with E-state index in [2.05, 4.69) is 18.8 Å². The molecule has 0 aliphatic heterocycles. The molecular formula is C12H18N2O3. The average Bonchev–Trinajstić information content (AvgIpc) is 2.60. The molecule has 3 atom stereocenters. The summed E-state index contributed by atoms with van der Waals surface area (Å²) in [5.41, 5.74) is 6.44. The minimum Gasteiger partial charge on any atom is -0.480 e. The summed E-state index contributed by atoms with van der Waals surface area (Å²) < 4.78 is 5.59. The fourth-order valence-corrected chi connectivity index (χ4v) is 2.12. The molecule has 0 aromatic carbocycles. The first-order chi connectivity index (χ1) is 7.97. The van der Waals surface area contributed by atoms with Gasteiger partial charge in [-0.25, -0.2) is 4.98 Å². The van der Waals surface area contributed by atoms with E-state index in [1.54, 1.807) is 0 Å². The van der Waals surface area contributed by atoms with Crippen molar-refractivity contribution in [2.45, 2.75) is 39.2 Å². The molecular weight excluding hydrogens is 220 g/mol. The van der Waals surface area contributed by atoms with Crippen molar-refractivity contribution in [2.24, 2.45) is 17.6 Å². The Labute approximate surface area is 100 Å². The highest BCUT2D eigenvalue weighted by atomic mass is 16.4. The first kappa shape index (κ1) is 12.1. The minimum absolute atomic E-state index is 0.158. The zero-order valence-electron chi connectivity index (χ0n) is 10.1. The molecule has 0 saturated carbocycles. The van der Waals surface area contributed by atoms with E-state index in [-0.39, 0.29) is 6.42 Å². The Morgan fingerprint density at radius 2 is 2.18 bits per heavy atom. The molecule has 0 radical (unpaired) electrons. The van der Waals surface area contributed by atoms with Crippen LogP contribution in [0.1, 0.15) is 31.2 Å². The normalized spacial score (nSPS) is 25.4. The van der Waals surface area contributed by atoms with E-state index in [0.29, 0.717) is 17.7 Å². The second-order valence-corrected chi connectivity index (χ2v) is 4.99. The van der Waals surface area contributed by atoms with Gasteiger partial charge in [-0.3, -0.25) is 4.79 Å². The van der Waals surface area contributed by atoms with Crippen LogP contribution in [0.2, 0.25) is 0 Å². The lowest BCUT2D eigenvalue weighted by Crippen LogP contribution is -2.32. The molecule has 0 saturated heterocycles. The Morgan fingerprint density at radius 3 is 2.82 bits per heavy atom. The van der Waals surface area contributed by atoms with E-state index in [9.17, 15) is 4.79 Å². The van der Waals surface area contributed by atoms with Crippen LogP contribution in [0.5, 0.6) is 0 Å². The number of aromatic nitrogens is 1. The van der Waals surface area contributed by atoms with Crippen LogP contribution in [0.4, 0.5) is 0 Å². The van der Waals surface area contributed by atoms with Crippen LogP contribution < -0.4 is 5.73 Å². The largest absolute Gasteiger partial charge is 0.480 e. The average molecular weight is 238 g/mol. The van der Waals surface area contributed by atoms with Crippen LogP contribution in [0, 0.1) is 11.8 Å². The minimum atomic E-state index is -1.03. The van der Waals surface area contributed by atoms with Gasteiger partial charge < -0.3 is 15.3 Å². The van der Waals surface area contributed by atoms with Crippen molar-refractivity contribution in [3.63, 3.8) is 0 Å². The van der Waals surface area contributed by atoms with Crippen molar-refractivity contribution in [3.8, 4) is 0 Å². The smallest absolute Gasteiger partial charge is 0.321 e.